The van der Waals surface area contributed by atoms with Crippen LogP contribution in [0.5, 0.6) is 5.75 Å². The van der Waals surface area contributed by atoms with Crippen LogP contribution in [0.1, 0.15) is 64.0 Å². The van der Waals surface area contributed by atoms with Crippen molar-refractivity contribution in [2.75, 3.05) is 13.2 Å². The van der Waals surface area contributed by atoms with E-state index in [1.54, 1.807) is 4.90 Å². The number of rotatable bonds is 12. The zero-order chi connectivity index (χ0) is 22.6. The smallest absolute Gasteiger partial charge is 0.261 e. The molecular formula is C26H36N2O3. The first kappa shape index (κ1) is 24.4. The minimum atomic E-state index is -0.534. The topological polar surface area (TPSA) is 58.6 Å². The molecule has 0 radical (unpaired) electrons. The fraction of sp³-hybridized carbons (Fsp3) is 0.462. The third-order valence-corrected chi connectivity index (χ3v) is 5.30. The van der Waals surface area contributed by atoms with E-state index >= 15 is 0 Å². The van der Waals surface area contributed by atoms with Gasteiger partial charge >= 0.3 is 0 Å². The molecule has 0 aliphatic rings. The van der Waals surface area contributed by atoms with Crippen LogP contribution in [-0.2, 0) is 16.1 Å². The molecule has 168 valence electrons. The van der Waals surface area contributed by atoms with Gasteiger partial charge in [0.05, 0.1) is 0 Å². The lowest BCUT2D eigenvalue weighted by atomic mass is 10.0. The molecule has 0 bridgehead atoms. The SMILES string of the molecule is CCCCNC(=O)[C@H](CC)N(Cc1ccccc1)C(=O)COc1ccccc1C(C)C. The second-order valence-corrected chi connectivity index (χ2v) is 8.06. The van der Waals surface area contributed by atoms with Crippen molar-refractivity contribution in [3.63, 3.8) is 0 Å². The third kappa shape index (κ3) is 7.42. The molecule has 2 aromatic carbocycles. The Labute approximate surface area is 186 Å². The number of benzene rings is 2. The maximum atomic E-state index is 13.3. The summed E-state index contributed by atoms with van der Waals surface area (Å²) in [5, 5.41) is 2.98. The Balaban J connectivity index is 2.18. The van der Waals surface area contributed by atoms with Gasteiger partial charge in [-0.2, -0.15) is 0 Å². The summed E-state index contributed by atoms with van der Waals surface area (Å²) in [5.74, 6) is 0.702. The van der Waals surface area contributed by atoms with Crippen LogP contribution in [0.3, 0.4) is 0 Å². The molecule has 0 heterocycles. The molecule has 1 atom stereocenters. The first-order valence-electron chi connectivity index (χ1n) is 11.3. The van der Waals surface area contributed by atoms with E-state index in [1.807, 2.05) is 61.5 Å². The van der Waals surface area contributed by atoms with Gasteiger partial charge in [-0.1, -0.05) is 82.6 Å². The summed E-state index contributed by atoms with van der Waals surface area (Å²) >= 11 is 0. The normalized spacial score (nSPS) is 11.8. The fourth-order valence-corrected chi connectivity index (χ4v) is 3.52. The molecule has 2 rings (SSSR count). The predicted molar refractivity (Wildman–Crippen MR) is 125 cm³/mol. The van der Waals surface area contributed by atoms with Crippen molar-refractivity contribution >= 4 is 11.8 Å². The molecule has 0 fully saturated rings. The summed E-state index contributed by atoms with van der Waals surface area (Å²) < 4.78 is 5.93. The number of hydrogen-bond donors (Lipinski definition) is 1. The van der Waals surface area contributed by atoms with Gasteiger partial charge in [-0.3, -0.25) is 9.59 Å². The Kier molecular flexibility index (Phi) is 10.1. The van der Waals surface area contributed by atoms with Gasteiger partial charge in [-0.25, -0.2) is 0 Å². The van der Waals surface area contributed by atoms with Crippen LogP contribution >= 0.6 is 0 Å². The number of carbonyl (C=O) groups is 2. The molecule has 2 aromatic rings. The maximum Gasteiger partial charge on any atom is 0.261 e. The van der Waals surface area contributed by atoms with E-state index in [9.17, 15) is 9.59 Å². The van der Waals surface area contributed by atoms with E-state index in [-0.39, 0.29) is 18.4 Å². The molecule has 5 nitrogen and oxygen atoms in total. The van der Waals surface area contributed by atoms with Gasteiger partial charge < -0.3 is 15.0 Å². The molecule has 0 saturated heterocycles. The summed E-state index contributed by atoms with van der Waals surface area (Å²) in [7, 11) is 0. The molecule has 0 unspecified atom stereocenters. The Morgan fingerprint density at radius 1 is 1.00 bits per heavy atom. The van der Waals surface area contributed by atoms with E-state index in [0.29, 0.717) is 31.2 Å². The van der Waals surface area contributed by atoms with Gasteiger partial charge in [0.1, 0.15) is 11.8 Å². The van der Waals surface area contributed by atoms with Crippen molar-refractivity contribution in [2.45, 2.75) is 65.5 Å². The van der Waals surface area contributed by atoms with Gasteiger partial charge in [0, 0.05) is 13.1 Å². The summed E-state index contributed by atoms with van der Waals surface area (Å²) in [4.78, 5) is 27.8. The highest BCUT2D eigenvalue weighted by Crippen LogP contribution is 2.26. The van der Waals surface area contributed by atoms with Gasteiger partial charge in [0.2, 0.25) is 5.91 Å². The zero-order valence-electron chi connectivity index (χ0n) is 19.3. The second kappa shape index (κ2) is 12.8. The lowest BCUT2D eigenvalue weighted by Crippen LogP contribution is -2.50. The van der Waals surface area contributed by atoms with E-state index in [2.05, 4.69) is 26.1 Å². The molecule has 0 spiro atoms. The summed E-state index contributed by atoms with van der Waals surface area (Å²) in [6.45, 7) is 9.10. The molecule has 0 aromatic heterocycles. The van der Waals surface area contributed by atoms with Crippen LogP contribution in [0, 0.1) is 0 Å². The number of unbranched alkanes of at least 4 members (excludes halogenated alkanes) is 1. The van der Waals surface area contributed by atoms with Gasteiger partial charge in [0.25, 0.3) is 5.91 Å². The summed E-state index contributed by atoms with van der Waals surface area (Å²) in [6, 6.07) is 17.0. The van der Waals surface area contributed by atoms with Gasteiger partial charge in [0.15, 0.2) is 6.61 Å². The minimum Gasteiger partial charge on any atom is -0.483 e. The minimum absolute atomic E-state index is 0.102. The van der Waals surface area contributed by atoms with Crippen LogP contribution in [0.25, 0.3) is 0 Å². The average Bonchev–Trinajstić information content (AvgIpc) is 2.78. The summed E-state index contributed by atoms with van der Waals surface area (Å²) in [6.07, 6.45) is 2.47. The number of amides is 2. The summed E-state index contributed by atoms with van der Waals surface area (Å²) in [5.41, 5.74) is 2.05. The molecule has 31 heavy (non-hydrogen) atoms. The van der Waals surface area contributed by atoms with E-state index < -0.39 is 6.04 Å². The Bertz CT molecular complexity index is 820. The predicted octanol–water partition coefficient (Wildman–Crippen LogP) is 4.91. The highest BCUT2D eigenvalue weighted by molar-refractivity contribution is 5.88. The molecule has 0 aliphatic heterocycles. The number of para-hydroxylation sites is 1. The van der Waals surface area contributed by atoms with Crippen LogP contribution in [0.4, 0.5) is 0 Å². The Hall–Kier alpha value is -2.82. The fourth-order valence-electron chi connectivity index (χ4n) is 3.52. The number of carbonyl (C=O) groups excluding carboxylic acids is 2. The standard InChI is InChI=1S/C26H36N2O3/c1-5-7-17-27-26(30)23(6-2)28(18-21-13-9-8-10-14-21)25(29)19-31-24-16-12-11-15-22(24)20(3)4/h8-16,20,23H,5-7,17-19H2,1-4H3,(H,27,30)/t23-/m0/s1. The second-order valence-electron chi connectivity index (χ2n) is 8.06. The highest BCUT2D eigenvalue weighted by atomic mass is 16.5. The van der Waals surface area contributed by atoms with Gasteiger partial charge in [-0.15, -0.1) is 0 Å². The molecular weight excluding hydrogens is 388 g/mol. The van der Waals surface area contributed by atoms with Crippen LogP contribution in [-0.4, -0.2) is 35.9 Å². The molecule has 5 heteroatoms. The van der Waals surface area contributed by atoms with E-state index in [4.69, 9.17) is 4.74 Å². The lowest BCUT2D eigenvalue weighted by molar-refractivity contribution is -0.143. The monoisotopic (exact) mass is 424 g/mol. The largest absolute Gasteiger partial charge is 0.483 e. The average molecular weight is 425 g/mol. The van der Waals surface area contributed by atoms with Crippen molar-refractivity contribution in [1.82, 2.24) is 10.2 Å². The van der Waals surface area contributed by atoms with Crippen molar-refractivity contribution in [1.29, 1.82) is 0 Å². The van der Waals surface area contributed by atoms with E-state index in [1.165, 1.54) is 0 Å². The quantitative estimate of drug-likeness (QED) is 0.493. The third-order valence-electron chi connectivity index (χ3n) is 5.30. The number of ether oxygens (including phenoxy) is 1. The van der Waals surface area contributed by atoms with Crippen molar-refractivity contribution in [3.05, 3.63) is 65.7 Å². The van der Waals surface area contributed by atoms with Crippen LogP contribution in [0.2, 0.25) is 0 Å². The van der Waals surface area contributed by atoms with Crippen LogP contribution < -0.4 is 10.1 Å². The van der Waals surface area contributed by atoms with Crippen molar-refractivity contribution < 1.29 is 14.3 Å². The molecule has 0 aliphatic carbocycles. The Morgan fingerprint density at radius 3 is 2.32 bits per heavy atom. The molecule has 2 amide bonds. The Morgan fingerprint density at radius 2 is 1.68 bits per heavy atom. The maximum absolute atomic E-state index is 13.3. The lowest BCUT2D eigenvalue weighted by Gasteiger charge is -2.30. The van der Waals surface area contributed by atoms with Gasteiger partial charge in [-0.05, 0) is 36.0 Å². The first-order valence-corrected chi connectivity index (χ1v) is 11.3. The molecule has 0 saturated carbocycles. The zero-order valence-corrected chi connectivity index (χ0v) is 19.3. The van der Waals surface area contributed by atoms with Crippen LogP contribution in [0.15, 0.2) is 54.6 Å². The number of hydrogen-bond acceptors (Lipinski definition) is 3. The highest BCUT2D eigenvalue weighted by Gasteiger charge is 2.29. The first-order chi connectivity index (χ1) is 15.0. The molecule has 1 N–H and O–H groups in total. The van der Waals surface area contributed by atoms with E-state index in [0.717, 1.165) is 24.0 Å². The van der Waals surface area contributed by atoms with Crippen molar-refractivity contribution in [2.24, 2.45) is 0 Å². The number of nitrogens with zero attached hydrogens (tertiary/aromatic N) is 1. The van der Waals surface area contributed by atoms with Crippen molar-refractivity contribution in [3.8, 4) is 5.75 Å². The number of nitrogens with one attached hydrogen (secondary N) is 1.